The molecule has 0 saturated carbocycles. The third-order valence-electron chi connectivity index (χ3n) is 4.04. The molecule has 0 spiro atoms. The van der Waals surface area contributed by atoms with Crippen LogP contribution in [-0.2, 0) is 0 Å². The van der Waals surface area contributed by atoms with Gasteiger partial charge in [0.25, 0.3) is 0 Å². The van der Waals surface area contributed by atoms with Gasteiger partial charge >= 0.3 is 5.69 Å². The minimum absolute atomic E-state index is 0.000862. The standard InChI is InChI=1S/C17H15ClF2N4O2/c1-10-21-14(16(24(25)26)17(18)22-10)9-15(23-4-2-3-5-23)11-6-12(19)8-13(20)7-11/h6-9H,2-5H2,1H3/b15-9-. The molecule has 0 bridgehead atoms. The minimum Gasteiger partial charge on any atom is -0.371 e. The molecule has 26 heavy (non-hydrogen) atoms. The van der Waals surface area contributed by atoms with Gasteiger partial charge in [0.2, 0.25) is 5.15 Å². The number of likely N-dealkylation sites (tertiary alicyclic amines) is 1. The number of halogens is 3. The van der Waals surface area contributed by atoms with Gasteiger partial charge < -0.3 is 4.90 Å². The number of aromatic nitrogens is 2. The van der Waals surface area contributed by atoms with Crippen molar-refractivity contribution in [2.24, 2.45) is 0 Å². The maximum atomic E-state index is 13.7. The Hall–Kier alpha value is -2.61. The summed E-state index contributed by atoms with van der Waals surface area (Å²) in [5.41, 5.74) is 0.300. The van der Waals surface area contributed by atoms with Crippen LogP contribution in [0.5, 0.6) is 0 Å². The van der Waals surface area contributed by atoms with Gasteiger partial charge in [-0.05, 0) is 38.0 Å². The van der Waals surface area contributed by atoms with Crippen molar-refractivity contribution in [2.75, 3.05) is 13.1 Å². The second-order valence-corrected chi connectivity index (χ2v) is 6.29. The van der Waals surface area contributed by atoms with E-state index in [1.807, 2.05) is 4.90 Å². The van der Waals surface area contributed by atoms with E-state index in [1.54, 1.807) is 6.92 Å². The lowest BCUT2D eigenvalue weighted by molar-refractivity contribution is -0.385. The van der Waals surface area contributed by atoms with Crippen LogP contribution in [0.4, 0.5) is 14.5 Å². The molecule has 136 valence electrons. The van der Waals surface area contributed by atoms with Crippen molar-refractivity contribution in [2.45, 2.75) is 19.8 Å². The fourth-order valence-electron chi connectivity index (χ4n) is 2.97. The van der Waals surface area contributed by atoms with Crippen LogP contribution in [0.15, 0.2) is 18.2 Å². The zero-order chi connectivity index (χ0) is 18.8. The molecule has 0 radical (unpaired) electrons. The SMILES string of the molecule is Cc1nc(Cl)c([N+](=O)[O-])c(/C=C(/c2cc(F)cc(F)c2)N2CCCC2)n1. The maximum Gasteiger partial charge on any atom is 0.331 e. The topological polar surface area (TPSA) is 72.2 Å². The largest absolute Gasteiger partial charge is 0.371 e. The molecule has 1 aromatic heterocycles. The Morgan fingerprint density at radius 1 is 1.23 bits per heavy atom. The average molecular weight is 381 g/mol. The van der Waals surface area contributed by atoms with Crippen molar-refractivity contribution in [3.05, 3.63) is 62.2 Å². The van der Waals surface area contributed by atoms with Crippen molar-refractivity contribution in [1.82, 2.24) is 14.9 Å². The quantitative estimate of drug-likeness (QED) is 0.451. The number of nitro groups is 1. The highest BCUT2D eigenvalue weighted by Gasteiger charge is 2.24. The Morgan fingerprint density at radius 2 is 1.85 bits per heavy atom. The molecular formula is C17H15ClF2N4O2. The van der Waals surface area contributed by atoms with Crippen LogP contribution < -0.4 is 0 Å². The van der Waals surface area contributed by atoms with Gasteiger partial charge in [-0.25, -0.2) is 18.7 Å². The lowest BCUT2D eigenvalue weighted by Crippen LogP contribution is -2.18. The molecule has 1 saturated heterocycles. The van der Waals surface area contributed by atoms with Crippen LogP contribution in [0.1, 0.15) is 29.9 Å². The fraction of sp³-hybridized carbons (Fsp3) is 0.294. The van der Waals surface area contributed by atoms with Crippen molar-refractivity contribution in [1.29, 1.82) is 0 Å². The number of benzene rings is 1. The second-order valence-electron chi connectivity index (χ2n) is 5.93. The summed E-state index contributed by atoms with van der Waals surface area (Å²) in [6.07, 6.45) is 3.28. The molecule has 0 N–H and O–H groups in total. The number of hydrogen-bond acceptors (Lipinski definition) is 5. The van der Waals surface area contributed by atoms with E-state index in [-0.39, 0.29) is 22.2 Å². The summed E-state index contributed by atoms with van der Waals surface area (Å²) < 4.78 is 27.4. The number of nitrogens with zero attached hydrogens (tertiary/aromatic N) is 4. The first-order chi connectivity index (χ1) is 12.3. The van der Waals surface area contributed by atoms with Crippen LogP contribution in [0.2, 0.25) is 5.15 Å². The first-order valence-electron chi connectivity index (χ1n) is 7.97. The van der Waals surface area contributed by atoms with Crippen LogP contribution >= 0.6 is 11.6 Å². The first kappa shape index (κ1) is 18.2. The molecule has 2 aromatic rings. The van der Waals surface area contributed by atoms with Gasteiger partial charge in [0.05, 0.1) is 4.92 Å². The molecule has 1 aliphatic rings. The summed E-state index contributed by atoms with van der Waals surface area (Å²) in [5.74, 6) is -1.19. The Morgan fingerprint density at radius 3 is 2.42 bits per heavy atom. The molecule has 0 unspecified atom stereocenters. The number of hydrogen-bond donors (Lipinski definition) is 0. The van der Waals surface area contributed by atoms with Gasteiger partial charge in [-0.2, -0.15) is 0 Å². The summed E-state index contributed by atoms with van der Waals surface area (Å²) in [6.45, 7) is 2.91. The van der Waals surface area contributed by atoms with Crippen LogP contribution in [0.25, 0.3) is 11.8 Å². The zero-order valence-electron chi connectivity index (χ0n) is 13.9. The van der Waals surface area contributed by atoms with E-state index in [1.165, 1.54) is 18.2 Å². The average Bonchev–Trinajstić information content (AvgIpc) is 3.04. The Kier molecular flexibility index (Phi) is 5.13. The normalized spacial score (nSPS) is 14.8. The van der Waals surface area contributed by atoms with Gasteiger partial charge in [0.1, 0.15) is 23.2 Å². The zero-order valence-corrected chi connectivity index (χ0v) is 14.6. The van der Waals surface area contributed by atoms with Gasteiger partial charge in [0.15, 0.2) is 0 Å². The Bertz CT molecular complexity index is 878. The lowest BCUT2D eigenvalue weighted by Gasteiger charge is -2.22. The summed E-state index contributed by atoms with van der Waals surface area (Å²) in [6, 6.07) is 3.16. The molecule has 0 atom stereocenters. The van der Waals surface area contributed by atoms with Crippen molar-refractivity contribution in [3.8, 4) is 0 Å². The Labute approximate surface area is 153 Å². The van der Waals surface area contributed by atoms with Crippen LogP contribution in [0, 0.1) is 28.7 Å². The molecule has 0 aliphatic carbocycles. The van der Waals surface area contributed by atoms with Gasteiger partial charge in [0, 0.05) is 30.4 Å². The molecule has 9 heteroatoms. The molecule has 1 aromatic carbocycles. The lowest BCUT2D eigenvalue weighted by atomic mass is 10.1. The maximum absolute atomic E-state index is 13.7. The van der Waals surface area contributed by atoms with E-state index in [0.717, 1.165) is 18.9 Å². The highest BCUT2D eigenvalue weighted by molar-refractivity contribution is 6.31. The molecule has 2 heterocycles. The molecular weight excluding hydrogens is 366 g/mol. The minimum atomic E-state index is -0.725. The van der Waals surface area contributed by atoms with Crippen molar-refractivity contribution in [3.63, 3.8) is 0 Å². The van der Waals surface area contributed by atoms with Gasteiger partial charge in [-0.15, -0.1) is 0 Å². The third-order valence-corrected chi connectivity index (χ3v) is 4.30. The molecule has 0 amide bonds. The van der Waals surface area contributed by atoms with Gasteiger partial charge in [-0.3, -0.25) is 10.1 Å². The van der Waals surface area contributed by atoms with E-state index in [9.17, 15) is 18.9 Å². The monoisotopic (exact) mass is 380 g/mol. The van der Waals surface area contributed by atoms with E-state index >= 15 is 0 Å². The Balaban J connectivity index is 2.21. The third kappa shape index (κ3) is 3.80. The number of rotatable bonds is 4. The molecule has 6 nitrogen and oxygen atoms in total. The summed E-state index contributed by atoms with van der Waals surface area (Å²) in [7, 11) is 0. The van der Waals surface area contributed by atoms with E-state index in [2.05, 4.69) is 9.97 Å². The van der Waals surface area contributed by atoms with Crippen LogP contribution in [-0.4, -0.2) is 32.9 Å². The predicted molar refractivity (Wildman–Crippen MR) is 93.5 cm³/mol. The number of aryl methyl sites for hydroxylation is 1. The second kappa shape index (κ2) is 7.33. The van der Waals surface area contributed by atoms with Crippen LogP contribution in [0.3, 0.4) is 0 Å². The predicted octanol–water partition coefficient (Wildman–Crippen LogP) is 4.22. The molecule has 3 rings (SSSR count). The fourth-order valence-corrected chi connectivity index (χ4v) is 3.26. The summed E-state index contributed by atoms with van der Waals surface area (Å²) in [4.78, 5) is 20.6. The van der Waals surface area contributed by atoms with Crippen molar-refractivity contribution < 1.29 is 13.7 Å². The highest BCUT2D eigenvalue weighted by atomic mass is 35.5. The molecule has 1 fully saturated rings. The van der Waals surface area contributed by atoms with Gasteiger partial charge in [-0.1, -0.05) is 11.6 Å². The summed E-state index contributed by atoms with van der Waals surface area (Å²) >= 11 is 5.91. The van der Waals surface area contributed by atoms with E-state index < -0.39 is 22.2 Å². The first-order valence-corrected chi connectivity index (χ1v) is 8.34. The van der Waals surface area contributed by atoms with Crippen molar-refractivity contribution >= 4 is 29.1 Å². The summed E-state index contributed by atoms with van der Waals surface area (Å²) in [5, 5.41) is 11.1. The highest BCUT2D eigenvalue weighted by Crippen LogP contribution is 2.32. The molecule has 1 aliphatic heterocycles. The smallest absolute Gasteiger partial charge is 0.331 e. The van der Waals surface area contributed by atoms with E-state index in [4.69, 9.17) is 11.6 Å². The van der Waals surface area contributed by atoms with E-state index in [0.29, 0.717) is 18.8 Å².